The summed E-state index contributed by atoms with van der Waals surface area (Å²) in [5.41, 5.74) is 16.6. The monoisotopic (exact) mass is 817 g/mol. The fraction of sp³-hybridized carbons (Fsp3) is 0.153. The number of phenolic OH excluding ortho intramolecular Hbond substituents is 1. The summed E-state index contributed by atoms with van der Waals surface area (Å²) in [6.45, 7) is 15.5. The molecule has 0 unspecified atom stereocenters. The maximum atomic E-state index is 11.8. The first kappa shape index (κ1) is 39.8. The Labute approximate surface area is 370 Å². The van der Waals surface area contributed by atoms with E-state index in [1.807, 2.05) is 24.4 Å². The van der Waals surface area contributed by atoms with E-state index in [4.69, 9.17) is 9.97 Å². The number of fused-ring (bicyclic) bond motifs is 3. The van der Waals surface area contributed by atoms with Crippen LogP contribution in [-0.4, -0.2) is 19.6 Å². The van der Waals surface area contributed by atoms with E-state index in [0.717, 1.165) is 66.6 Å². The molecular formula is C59H51N3O. The van der Waals surface area contributed by atoms with Crippen LogP contribution in [0.15, 0.2) is 176 Å². The second kappa shape index (κ2) is 15.3. The lowest BCUT2D eigenvalue weighted by Gasteiger charge is -2.21. The van der Waals surface area contributed by atoms with Crippen LogP contribution in [0.3, 0.4) is 0 Å². The summed E-state index contributed by atoms with van der Waals surface area (Å²) >= 11 is 0. The van der Waals surface area contributed by atoms with Gasteiger partial charge in [0.05, 0.1) is 22.1 Å². The Morgan fingerprint density at radius 1 is 0.460 bits per heavy atom. The highest BCUT2D eigenvalue weighted by molar-refractivity contribution is 6.05. The van der Waals surface area contributed by atoms with Gasteiger partial charge in [-0.05, 0) is 133 Å². The van der Waals surface area contributed by atoms with Crippen molar-refractivity contribution in [2.24, 2.45) is 0 Å². The van der Waals surface area contributed by atoms with Crippen molar-refractivity contribution in [3.05, 3.63) is 193 Å². The minimum Gasteiger partial charge on any atom is -0.507 e. The van der Waals surface area contributed by atoms with Crippen molar-refractivity contribution in [2.45, 2.75) is 59.3 Å². The average Bonchev–Trinajstić information content (AvgIpc) is 3.68. The van der Waals surface area contributed by atoms with Gasteiger partial charge in [-0.3, -0.25) is 9.55 Å². The van der Waals surface area contributed by atoms with Crippen LogP contribution in [0.1, 0.15) is 58.2 Å². The highest BCUT2D eigenvalue weighted by Gasteiger charge is 2.25. The minimum absolute atomic E-state index is 0.0163. The number of nitrogens with zero attached hydrogens (tertiary/aromatic N) is 3. The van der Waals surface area contributed by atoms with Gasteiger partial charge in [-0.15, -0.1) is 0 Å². The molecule has 0 saturated carbocycles. The molecule has 0 amide bonds. The number of pyridine rings is 1. The third kappa shape index (κ3) is 7.16. The fourth-order valence-electron chi connectivity index (χ4n) is 9.14. The number of hydrogen-bond donors (Lipinski definition) is 1. The van der Waals surface area contributed by atoms with Crippen LogP contribution in [0.5, 0.6) is 5.75 Å². The van der Waals surface area contributed by atoms with Gasteiger partial charge in [0, 0.05) is 28.4 Å². The van der Waals surface area contributed by atoms with Gasteiger partial charge in [-0.25, -0.2) is 4.98 Å². The molecule has 0 radical (unpaired) electrons. The number of aromatic hydroxyl groups is 1. The summed E-state index contributed by atoms with van der Waals surface area (Å²) in [6, 6.07) is 60.5. The Kier molecular flexibility index (Phi) is 9.64. The van der Waals surface area contributed by atoms with Gasteiger partial charge >= 0.3 is 0 Å². The molecule has 1 N–H and O–H groups in total. The van der Waals surface area contributed by atoms with Crippen molar-refractivity contribution >= 4 is 32.7 Å². The van der Waals surface area contributed by atoms with Crippen molar-refractivity contribution in [2.75, 3.05) is 0 Å². The molecule has 0 aliphatic carbocycles. The third-order valence-electron chi connectivity index (χ3n) is 12.7. The van der Waals surface area contributed by atoms with Gasteiger partial charge < -0.3 is 5.11 Å². The van der Waals surface area contributed by atoms with Crippen molar-refractivity contribution in [1.29, 1.82) is 0 Å². The number of aromatic nitrogens is 3. The molecule has 0 saturated heterocycles. The van der Waals surface area contributed by atoms with Crippen LogP contribution >= 0.6 is 0 Å². The van der Waals surface area contributed by atoms with Crippen molar-refractivity contribution in [1.82, 2.24) is 14.5 Å². The van der Waals surface area contributed by atoms with Gasteiger partial charge in [0.1, 0.15) is 11.6 Å². The van der Waals surface area contributed by atoms with Crippen molar-refractivity contribution in [3.8, 4) is 67.3 Å². The topological polar surface area (TPSA) is 50.9 Å². The summed E-state index contributed by atoms with van der Waals surface area (Å²) in [5.74, 6) is 0.877. The van der Waals surface area contributed by atoms with E-state index in [0.29, 0.717) is 11.4 Å². The van der Waals surface area contributed by atoms with Gasteiger partial charge in [0.15, 0.2) is 0 Å². The molecule has 0 aliphatic heterocycles. The standard InChI is InChI=1S/C59H51N3O/c1-37-46-24-15-31-60-55(46)51(36-49(37)39-16-9-8-10-17-39)41-21-13-20-40(32-41)50-33-42(48-23-14-19-38-18-11-12-22-47(38)48)34-53-56(50)61-57(52-35-44(59(5,6)7)27-30-54(52)63)62(53)45-28-25-43(26-29-45)58(2,3)4/h8-36,63H,1-7H3. The summed E-state index contributed by atoms with van der Waals surface area (Å²) in [5, 5.41) is 15.3. The van der Waals surface area contributed by atoms with Gasteiger partial charge in [0.2, 0.25) is 0 Å². The molecule has 308 valence electrons. The molecule has 0 aliphatic rings. The molecule has 0 fully saturated rings. The van der Waals surface area contributed by atoms with Gasteiger partial charge in [-0.1, -0.05) is 157 Å². The number of benzene rings is 8. The lowest BCUT2D eigenvalue weighted by molar-refractivity contribution is 0.475. The first-order valence-electron chi connectivity index (χ1n) is 21.9. The summed E-state index contributed by atoms with van der Waals surface area (Å²) < 4.78 is 2.24. The molecule has 0 atom stereocenters. The van der Waals surface area contributed by atoms with E-state index in [1.165, 1.54) is 33.0 Å². The second-order valence-electron chi connectivity index (χ2n) is 18.9. The smallest absolute Gasteiger partial charge is 0.149 e. The van der Waals surface area contributed by atoms with Crippen molar-refractivity contribution in [3.63, 3.8) is 0 Å². The molecule has 2 heterocycles. The number of phenols is 1. The molecular weight excluding hydrogens is 767 g/mol. The zero-order valence-corrected chi connectivity index (χ0v) is 37.0. The van der Waals surface area contributed by atoms with E-state index in [9.17, 15) is 5.11 Å². The quantitative estimate of drug-likeness (QED) is 0.182. The second-order valence-corrected chi connectivity index (χ2v) is 18.9. The Balaban J connectivity index is 1.29. The molecule has 63 heavy (non-hydrogen) atoms. The Morgan fingerprint density at radius 2 is 1.10 bits per heavy atom. The minimum atomic E-state index is -0.143. The normalized spacial score (nSPS) is 12.1. The maximum absolute atomic E-state index is 11.8. The molecule has 10 aromatic rings. The summed E-state index contributed by atoms with van der Waals surface area (Å²) in [7, 11) is 0. The molecule has 8 aromatic carbocycles. The third-order valence-corrected chi connectivity index (χ3v) is 12.7. The SMILES string of the molecule is Cc1c(-c2ccccc2)cc(-c2cccc(-c3cc(-c4cccc5ccccc45)cc4c3nc(-c3cc(C(C)(C)C)ccc3O)n4-c3ccc(C(C)(C)C)cc3)c2)c2ncccc12. The number of hydrogen-bond acceptors (Lipinski definition) is 3. The average molecular weight is 818 g/mol. The molecule has 2 aromatic heterocycles. The number of imidazole rings is 1. The Bertz CT molecular complexity index is 3360. The predicted octanol–water partition coefficient (Wildman–Crippen LogP) is 15.7. The van der Waals surface area contributed by atoms with Crippen LogP contribution in [0.4, 0.5) is 0 Å². The molecule has 0 bridgehead atoms. The Hall–Kier alpha value is -7.30. The van der Waals surface area contributed by atoms with E-state index in [2.05, 4.69) is 205 Å². The van der Waals surface area contributed by atoms with Gasteiger partial charge in [-0.2, -0.15) is 0 Å². The highest BCUT2D eigenvalue weighted by Crippen LogP contribution is 2.44. The number of rotatable bonds is 6. The van der Waals surface area contributed by atoms with E-state index in [1.54, 1.807) is 0 Å². The van der Waals surface area contributed by atoms with E-state index in [-0.39, 0.29) is 16.6 Å². The van der Waals surface area contributed by atoms with Crippen LogP contribution in [0, 0.1) is 6.92 Å². The van der Waals surface area contributed by atoms with Crippen molar-refractivity contribution < 1.29 is 5.11 Å². The zero-order chi connectivity index (χ0) is 43.6. The molecule has 10 rings (SSSR count). The van der Waals surface area contributed by atoms with Crippen LogP contribution in [0.25, 0.3) is 94.3 Å². The lowest BCUT2D eigenvalue weighted by Crippen LogP contribution is -2.11. The van der Waals surface area contributed by atoms with E-state index >= 15 is 0 Å². The largest absolute Gasteiger partial charge is 0.507 e. The number of aryl methyl sites for hydroxylation is 1. The zero-order valence-electron chi connectivity index (χ0n) is 37.0. The Morgan fingerprint density at radius 3 is 1.84 bits per heavy atom. The predicted molar refractivity (Wildman–Crippen MR) is 265 cm³/mol. The highest BCUT2D eigenvalue weighted by atomic mass is 16.3. The molecule has 4 nitrogen and oxygen atoms in total. The fourth-order valence-corrected chi connectivity index (χ4v) is 9.14. The maximum Gasteiger partial charge on any atom is 0.149 e. The molecule has 4 heteroatoms. The summed E-state index contributed by atoms with van der Waals surface area (Å²) in [6.07, 6.45) is 1.89. The lowest BCUT2D eigenvalue weighted by atomic mass is 9.86. The van der Waals surface area contributed by atoms with Crippen LogP contribution in [0.2, 0.25) is 0 Å². The summed E-state index contributed by atoms with van der Waals surface area (Å²) in [4.78, 5) is 10.6. The van der Waals surface area contributed by atoms with Crippen LogP contribution < -0.4 is 0 Å². The van der Waals surface area contributed by atoms with Crippen LogP contribution in [-0.2, 0) is 10.8 Å². The first-order chi connectivity index (χ1) is 30.3. The first-order valence-corrected chi connectivity index (χ1v) is 21.9. The van der Waals surface area contributed by atoms with E-state index < -0.39 is 0 Å². The van der Waals surface area contributed by atoms with Gasteiger partial charge in [0.25, 0.3) is 0 Å². The molecule has 0 spiro atoms.